The molecule has 0 aromatic heterocycles. The summed E-state index contributed by atoms with van der Waals surface area (Å²) in [4.78, 5) is 18.6. The van der Waals surface area contributed by atoms with Crippen LogP contribution >= 0.6 is 49.1 Å². The molecule has 5 unspecified atom stereocenters. The molecule has 0 radical (unpaired) electrons. The van der Waals surface area contributed by atoms with Gasteiger partial charge in [0.05, 0.1) is 12.7 Å². The van der Waals surface area contributed by atoms with E-state index in [4.69, 9.17) is 18.1 Å². The van der Waals surface area contributed by atoms with Gasteiger partial charge in [-0.3, -0.25) is 9.05 Å². The fourth-order valence-electron chi connectivity index (χ4n) is 0.657. The van der Waals surface area contributed by atoms with E-state index in [9.17, 15) is 9.79 Å². The van der Waals surface area contributed by atoms with Crippen molar-refractivity contribution in [3.8, 4) is 0 Å². The van der Waals surface area contributed by atoms with Crippen LogP contribution in [0.2, 0.25) is 0 Å². The van der Waals surface area contributed by atoms with Gasteiger partial charge < -0.3 is 18.8 Å². The zero-order chi connectivity index (χ0) is 13.4. The van der Waals surface area contributed by atoms with E-state index in [-0.39, 0.29) is 16.6 Å². The van der Waals surface area contributed by atoms with Crippen molar-refractivity contribution in [2.45, 2.75) is 36.9 Å². The third-order valence-corrected chi connectivity index (χ3v) is 4.02. The molecular weight excluding hydrogens is 402 g/mol. The second-order valence-corrected chi connectivity index (χ2v) is 7.41. The van der Waals surface area contributed by atoms with Crippen molar-refractivity contribution in [2.24, 2.45) is 0 Å². The van der Waals surface area contributed by atoms with E-state index in [0.717, 1.165) is 0 Å². The lowest BCUT2D eigenvalue weighted by Gasteiger charge is -2.19. The summed E-state index contributed by atoms with van der Waals surface area (Å²) in [5, 5.41) is -0.582. The molecule has 0 saturated carbocycles. The Morgan fingerprint density at radius 1 is 0.941 bits per heavy atom. The monoisotopic (exact) mass is 416 g/mol. The van der Waals surface area contributed by atoms with E-state index in [2.05, 4.69) is 31.9 Å². The van der Waals surface area contributed by atoms with Crippen molar-refractivity contribution < 1.29 is 27.9 Å². The third-order valence-electron chi connectivity index (χ3n) is 1.16. The molecule has 0 aliphatic carbocycles. The lowest BCUT2D eigenvalue weighted by atomic mass is 10.5. The van der Waals surface area contributed by atoms with Gasteiger partial charge in [-0.05, 0) is 20.8 Å². The Bertz CT molecular complexity index is 199. The quantitative estimate of drug-likeness (QED) is 0.442. The first-order valence-corrected chi connectivity index (χ1v) is 8.79. The van der Waals surface area contributed by atoms with Crippen molar-refractivity contribution in [2.75, 3.05) is 6.61 Å². The topological polar surface area (TPSA) is 77.4 Å². The Labute approximate surface area is 120 Å². The average Bonchev–Trinajstić information content (AvgIpc) is 2.12. The van der Waals surface area contributed by atoms with Gasteiger partial charge in [-0.2, -0.15) is 0 Å². The van der Waals surface area contributed by atoms with E-state index in [1.165, 1.54) is 0 Å². The smallest absolute Gasteiger partial charge is 0.328 e. The minimum absolute atomic E-state index is 0.0986. The number of rotatable bonds is 9. The lowest BCUT2D eigenvalue weighted by molar-refractivity contribution is 0.0953. The second kappa shape index (κ2) is 10.4. The van der Waals surface area contributed by atoms with Crippen LogP contribution in [-0.2, 0) is 18.1 Å². The van der Waals surface area contributed by atoms with Gasteiger partial charge in [0.15, 0.2) is 0 Å². The Morgan fingerprint density at radius 2 is 1.41 bits per heavy atom. The van der Waals surface area contributed by atoms with Crippen LogP contribution in [0, 0.1) is 0 Å². The van der Waals surface area contributed by atoms with Crippen molar-refractivity contribution in [3.63, 3.8) is 0 Å². The first-order chi connectivity index (χ1) is 7.81. The van der Waals surface area contributed by atoms with Crippen LogP contribution in [0.4, 0.5) is 0 Å². The van der Waals surface area contributed by atoms with Crippen molar-refractivity contribution in [1.82, 2.24) is 0 Å². The summed E-state index contributed by atoms with van der Waals surface area (Å²) in [6.07, 6.45) is -0.413. The summed E-state index contributed by atoms with van der Waals surface area (Å²) in [6, 6.07) is 0. The third kappa shape index (κ3) is 12.4. The largest absolute Gasteiger partial charge is 0.331 e. The summed E-state index contributed by atoms with van der Waals surface area (Å²) in [6.45, 7) is 5.22. The molecule has 10 heteroatoms. The van der Waals surface area contributed by atoms with Gasteiger partial charge in [0.25, 0.3) is 0 Å². The molecule has 0 heterocycles. The summed E-state index contributed by atoms with van der Waals surface area (Å²) < 4.78 is 20.0. The summed E-state index contributed by atoms with van der Waals surface area (Å²) in [5.41, 5.74) is 0. The van der Waals surface area contributed by atoms with Crippen LogP contribution in [0.1, 0.15) is 20.8 Å². The number of alkyl halides is 2. The fraction of sp³-hybridized carbons (Fsp3) is 1.00. The summed E-state index contributed by atoms with van der Waals surface area (Å²) >= 11 is 6.23. The highest BCUT2D eigenvalue weighted by molar-refractivity contribution is 9.09. The maximum Gasteiger partial charge on any atom is 0.331 e. The van der Waals surface area contributed by atoms with Gasteiger partial charge in [-0.15, -0.1) is 0 Å². The molecule has 0 fully saturated rings. The van der Waals surface area contributed by atoms with Crippen molar-refractivity contribution in [3.05, 3.63) is 0 Å². The molecule has 2 N–H and O–H groups in total. The van der Waals surface area contributed by atoms with Crippen LogP contribution in [0.25, 0.3) is 0 Å². The van der Waals surface area contributed by atoms with Gasteiger partial charge in [-0.25, -0.2) is 0 Å². The van der Waals surface area contributed by atoms with E-state index in [1.807, 2.05) is 0 Å². The SMILES string of the molecule is CC(Br)OP(O)OCC(C)OP(O)OC(C)Br. The minimum Gasteiger partial charge on any atom is -0.328 e. The van der Waals surface area contributed by atoms with Gasteiger partial charge in [0, 0.05) is 0 Å². The first-order valence-electron chi connectivity index (χ1n) is 4.70. The molecule has 5 atom stereocenters. The van der Waals surface area contributed by atoms with E-state index < -0.39 is 23.3 Å². The molecule has 0 aromatic carbocycles. The summed E-state index contributed by atoms with van der Waals surface area (Å²) in [7, 11) is -3.90. The standard InChI is InChI=1S/C7H16Br2O6P2/c1-5(13-17(11)15-7(3)9)4-12-16(10)14-6(2)8/h5-7,10-11H,4H2,1-3H3. The molecule has 0 spiro atoms. The number of hydrogen-bond donors (Lipinski definition) is 2. The highest BCUT2D eigenvalue weighted by Crippen LogP contribution is 2.39. The van der Waals surface area contributed by atoms with Crippen LogP contribution in [0.3, 0.4) is 0 Å². The van der Waals surface area contributed by atoms with E-state index >= 15 is 0 Å². The van der Waals surface area contributed by atoms with Crippen LogP contribution in [-0.4, -0.2) is 32.5 Å². The van der Waals surface area contributed by atoms with Crippen LogP contribution < -0.4 is 0 Å². The van der Waals surface area contributed by atoms with E-state index in [1.54, 1.807) is 20.8 Å². The molecule has 6 nitrogen and oxygen atoms in total. The van der Waals surface area contributed by atoms with Gasteiger partial charge in [0.2, 0.25) is 0 Å². The Kier molecular flexibility index (Phi) is 11.3. The average molecular weight is 418 g/mol. The van der Waals surface area contributed by atoms with Gasteiger partial charge in [-0.1, -0.05) is 31.9 Å². The highest BCUT2D eigenvalue weighted by atomic mass is 79.9. The normalized spacial score (nSPS) is 20.6. The number of hydrogen-bond acceptors (Lipinski definition) is 6. The molecular formula is C7H16Br2O6P2. The minimum atomic E-state index is -1.96. The Hall–Kier alpha value is 1.58. The first kappa shape index (κ1) is 18.6. The molecule has 0 bridgehead atoms. The van der Waals surface area contributed by atoms with Crippen molar-refractivity contribution >= 4 is 49.1 Å². The fourth-order valence-corrected chi connectivity index (χ4v) is 2.83. The van der Waals surface area contributed by atoms with Crippen LogP contribution in [0.5, 0.6) is 0 Å². The highest BCUT2D eigenvalue weighted by Gasteiger charge is 2.17. The molecule has 0 aliphatic rings. The zero-order valence-electron chi connectivity index (χ0n) is 9.62. The predicted octanol–water partition coefficient (Wildman–Crippen LogP) is 3.36. The number of halogens is 2. The molecule has 17 heavy (non-hydrogen) atoms. The maximum absolute atomic E-state index is 9.34. The zero-order valence-corrected chi connectivity index (χ0v) is 14.6. The lowest BCUT2D eigenvalue weighted by Crippen LogP contribution is -2.13. The molecule has 0 saturated heterocycles. The predicted molar refractivity (Wildman–Crippen MR) is 73.7 cm³/mol. The maximum atomic E-state index is 9.34. The second-order valence-electron chi connectivity index (χ2n) is 2.98. The molecule has 0 aromatic rings. The van der Waals surface area contributed by atoms with Crippen LogP contribution in [0.15, 0.2) is 0 Å². The molecule has 0 rings (SSSR count). The Morgan fingerprint density at radius 3 is 1.88 bits per heavy atom. The van der Waals surface area contributed by atoms with Gasteiger partial charge in [0.1, 0.15) is 10.0 Å². The summed E-state index contributed by atoms with van der Waals surface area (Å²) in [5.74, 6) is 0. The molecule has 0 aliphatic heterocycles. The Balaban J connectivity index is 3.67. The van der Waals surface area contributed by atoms with Gasteiger partial charge >= 0.3 is 17.2 Å². The molecule has 104 valence electrons. The van der Waals surface area contributed by atoms with Crippen molar-refractivity contribution in [1.29, 1.82) is 0 Å². The van der Waals surface area contributed by atoms with E-state index in [0.29, 0.717) is 0 Å². The molecule has 0 amide bonds.